The van der Waals surface area contributed by atoms with Gasteiger partial charge in [0.15, 0.2) is 0 Å². The summed E-state index contributed by atoms with van der Waals surface area (Å²) in [6.07, 6.45) is 0. The van der Waals surface area contributed by atoms with Gasteiger partial charge in [-0.05, 0) is 0 Å². The summed E-state index contributed by atoms with van der Waals surface area (Å²) in [6.45, 7) is 3.22. The van der Waals surface area contributed by atoms with Crippen molar-refractivity contribution in [2.75, 3.05) is 19.5 Å². The van der Waals surface area contributed by atoms with Gasteiger partial charge in [0.05, 0.1) is 13.7 Å². The lowest BCUT2D eigenvalue weighted by atomic mass is 10.3. The number of nitrogens with one attached hydrogen (secondary N) is 1. The van der Waals surface area contributed by atoms with Crippen molar-refractivity contribution in [2.24, 2.45) is 0 Å². The Morgan fingerprint density at radius 3 is 2.53 bits per heavy atom. The second-order valence-electron chi connectivity index (χ2n) is 3.10. The van der Waals surface area contributed by atoms with Crippen LogP contribution >= 0.6 is 11.8 Å². The molecule has 0 aliphatic carbocycles. The van der Waals surface area contributed by atoms with E-state index in [2.05, 4.69) is 10.1 Å². The number of carbonyl (C=O) groups excluding carboxylic acids is 2. The zero-order chi connectivity index (χ0) is 11.8. The number of carbonyl (C=O) groups is 2. The van der Waals surface area contributed by atoms with Crippen LogP contribution < -0.4 is 5.32 Å². The molecule has 5 nitrogen and oxygen atoms in total. The van der Waals surface area contributed by atoms with Crippen LogP contribution in [0.3, 0.4) is 0 Å². The molecule has 0 aliphatic heterocycles. The summed E-state index contributed by atoms with van der Waals surface area (Å²) in [5.41, 5.74) is 0. The lowest BCUT2D eigenvalue weighted by Crippen LogP contribution is -2.42. The number of aliphatic hydroxyl groups excluding tert-OH is 1. The zero-order valence-corrected chi connectivity index (χ0v) is 9.97. The van der Waals surface area contributed by atoms with Gasteiger partial charge in [-0.1, -0.05) is 6.92 Å². The smallest absolute Gasteiger partial charge is 0.329 e. The summed E-state index contributed by atoms with van der Waals surface area (Å²) < 4.78 is 4.55. The van der Waals surface area contributed by atoms with Crippen molar-refractivity contribution in [1.29, 1.82) is 0 Å². The van der Waals surface area contributed by atoms with Crippen molar-refractivity contribution in [3.63, 3.8) is 0 Å². The topological polar surface area (TPSA) is 75.6 Å². The Labute approximate surface area is 93.6 Å². The molecule has 15 heavy (non-hydrogen) atoms. The van der Waals surface area contributed by atoms with Gasteiger partial charge in [0.2, 0.25) is 5.91 Å². The minimum Gasteiger partial charge on any atom is -0.467 e. The van der Waals surface area contributed by atoms with E-state index in [0.29, 0.717) is 5.75 Å². The maximum absolute atomic E-state index is 11.2. The molecule has 2 unspecified atom stereocenters. The maximum atomic E-state index is 11.2. The maximum Gasteiger partial charge on any atom is 0.329 e. The van der Waals surface area contributed by atoms with Crippen LogP contribution in [0.5, 0.6) is 0 Å². The predicted molar refractivity (Wildman–Crippen MR) is 58.6 cm³/mol. The first kappa shape index (κ1) is 14.2. The molecule has 0 rings (SSSR count). The first-order valence-corrected chi connectivity index (χ1v) is 5.63. The molecule has 0 radical (unpaired) electrons. The normalized spacial score (nSPS) is 14.1. The standard InChI is InChI=1S/C9H17NO4S/c1-6(4-11)15-5-8(9(13)14-3)10-7(2)12/h6,8,11H,4-5H2,1-3H3,(H,10,12). The summed E-state index contributed by atoms with van der Waals surface area (Å²) in [4.78, 5) is 22.0. The van der Waals surface area contributed by atoms with E-state index >= 15 is 0 Å². The minimum absolute atomic E-state index is 0.0333. The predicted octanol–water partition coefficient (Wildman–Crippen LogP) is -0.222. The number of ether oxygens (including phenoxy) is 1. The molecular weight excluding hydrogens is 218 g/mol. The number of aliphatic hydroxyl groups is 1. The van der Waals surface area contributed by atoms with E-state index in [4.69, 9.17) is 5.11 Å². The fraction of sp³-hybridized carbons (Fsp3) is 0.778. The summed E-state index contributed by atoms with van der Waals surface area (Å²) >= 11 is 1.40. The van der Waals surface area contributed by atoms with Gasteiger partial charge in [-0.15, -0.1) is 0 Å². The van der Waals surface area contributed by atoms with Crippen LogP contribution in [0.25, 0.3) is 0 Å². The zero-order valence-electron chi connectivity index (χ0n) is 9.15. The van der Waals surface area contributed by atoms with E-state index in [1.165, 1.54) is 25.8 Å². The van der Waals surface area contributed by atoms with Gasteiger partial charge in [-0.2, -0.15) is 11.8 Å². The molecule has 0 aromatic heterocycles. The first-order valence-electron chi connectivity index (χ1n) is 4.58. The molecule has 0 aromatic carbocycles. The number of esters is 1. The Morgan fingerprint density at radius 1 is 1.53 bits per heavy atom. The van der Waals surface area contributed by atoms with E-state index < -0.39 is 12.0 Å². The van der Waals surface area contributed by atoms with Gasteiger partial charge in [-0.25, -0.2) is 4.79 Å². The highest BCUT2D eigenvalue weighted by Gasteiger charge is 2.20. The lowest BCUT2D eigenvalue weighted by molar-refractivity contribution is -0.144. The Bertz CT molecular complexity index is 222. The Morgan fingerprint density at radius 2 is 2.13 bits per heavy atom. The van der Waals surface area contributed by atoms with Crippen LogP contribution in [0.2, 0.25) is 0 Å². The highest BCUT2D eigenvalue weighted by Crippen LogP contribution is 2.11. The molecule has 0 fully saturated rings. The van der Waals surface area contributed by atoms with Crippen molar-refractivity contribution in [3.8, 4) is 0 Å². The Balaban J connectivity index is 4.12. The number of hydrogen-bond donors (Lipinski definition) is 2. The van der Waals surface area contributed by atoms with Crippen LogP contribution in [0.4, 0.5) is 0 Å². The van der Waals surface area contributed by atoms with Crippen molar-refractivity contribution in [1.82, 2.24) is 5.32 Å². The SMILES string of the molecule is COC(=O)C(CSC(C)CO)NC(C)=O. The highest BCUT2D eigenvalue weighted by molar-refractivity contribution is 7.99. The number of methoxy groups -OCH3 is 1. The molecule has 0 aliphatic rings. The third-order valence-corrected chi connectivity index (χ3v) is 2.91. The van der Waals surface area contributed by atoms with E-state index in [-0.39, 0.29) is 17.8 Å². The third kappa shape index (κ3) is 6.35. The van der Waals surface area contributed by atoms with Gasteiger partial charge < -0.3 is 15.2 Å². The molecule has 88 valence electrons. The molecule has 0 spiro atoms. The van der Waals surface area contributed by atoms with E-state index in [1.54, 1.807) is 0 Å². The second-order valence-corrected chi connectivity index (χ2v) is 4.57. The van der Waals surface area contributed by atoms with Gasteiger partial charge in [0.1, 0.15) is 6.04 Å². The van der Waals surface area contributed by atoms with Crippen molar-refractivity contribution in [3.05, 3.63) is 0 Å². The monoisotopic (exact) mass is 235 g/mol. The lowest BCUT2D eigenvalue weighted by Gasteiger charge is -2.16. The molecular formula is C9H17NO4S. The van der Waals surface area contributed by atoms with Gasteiger partial charge >= 0.3 is 5.97 Å². The molecule has 6 heteroatoms. The summed E-state index contributed by atoms with van der Waals surface area (Å²) in [6, 6.07) is -0.647. The van der Waals surface area contributed by atoms with Gasteiger partial charge in [0, 0.05) is 17.9 Å². The average molecular weight is 235 g/mol. The molecule has 2 N–H and O–H groups in total. The highest BCUT2D eigenvalue weighted by atomic mass is 32.2. The van der Waals surface area contributed by atoms with Crippen molar-refractivity contribution >= 4 is 23.6 Å². The fourth-order valence-corrected chi connectivity index (χ4v) is 1.72. The summed E-state index contributed by atoms with van der Waals surface area (Å²) in [5.74, 6) is -0.348. The summed E-state index contributed by atoms with van der Waals surface area (Å²) in [7, 11) is 1.28. The number of thioether (sulfide) groups is 1. The average Bonchev–Trinajstić information content (AvgIpc) is 2.21. The number of rotatable bonds is 6. The van der Waals surface area contributed by atoms with Crippen LogP contribution in [0, 0.1) is 0 Å². The molecule has 1 amide bonds. The van der Waals surface area contributed by atoms with Crippen LogP contribution in [0.1, 0.15) is 13.8 Å². The fourth-order valence-electron chi connectivity index (χ4n) is 0.869. The Kier molecular flexibility index (Phi) is 7.15. The molecule has 0 saturated heterocycles. The number of amides is 1. The van der Waals surface area contributed by atoms with Crippen molar-refractivity contribution in [2.45, 2.75) is 25.1 Å². The molecule has 0 heterocycles. The third-order valence-electron chi connectivity index (χ3n) is 1.67. The molecule has 0 saturated carbocycles. The van der Waals surface area contributed by atoms with Gasteiger partial charge in [-0.3, -0.25) is 4.79 Å². The van der Waals surface area contributed by atoms with Crippen LogP contribution in [-0.2, 0) is 14.3 Å². The first-order chi connectivity index (χ1) is 7.01. The van der Waals surface area contributed by atoms with Crippen LogP contribution in [-0.4, -0.2) is 47.7 Å². The van der Waals surface area contributed by atoms with E-state index in [9.17, 15) is 9.59 Å². The number of hydrogen-bond acceptors (Lipinski definition) is 5. The van der Waals surface area contributed by atoms with Crippen LogP contribution in [0.15, 0.2) is 0 Å². The Hall–Kier alpha value is -0.750. The van der Waals surface area contributed by atoms with E-state index in [0.717, 1.165) is 0 Å². The summed E-state index contributed by atoms with van der Waals surface area (Å²) in [5, 5.41) is 11.3. The molecule has 2 atom stereocenters. The largest absolute Gasteiger partial charge is 0.467 e. The van der Waals surface area contributed by atoms with E-state index in [1.807, 2.05) is 6.92 Å². The quantitative estimate of drug-likeness (QED) is 0.622. The molecule has 0 aromatic rings. The second kappa shape index (κ2) is 7.53. The van der Waals surface area contributed by atoms with Crippen molar-refractivity contribution < 1.29 is 19.4 Å². The minimum atomic E-state index is -0.647. The van der Waals surface area contributed by atoms with Gasteiger partial charge in [0.25, 0.3) is 0 Å². The molecule has 0 bridgehead atoms.